The standard InChI is InChI=1S/C11H10ClN3O3/c1-2-18-11(17)10-8(4-3-7-14-10)15(12)9(16)5-6-13/h3-4,7H,2,5H2,1H3. The number of rotatable bonds is 4. The normalized spacial score (nSPS) is 9.39. The molecular formula is C11H10ClN3O3. The third-order valence-corrected chi connectivity index (χ3v) is 2.29. The number of halogens is 1. The number of hydrogen-bond donors (Lipinski definition) is 0. The topological polar surface area (TPSA) is 83.3 Å². The molecule has 1 aromatic heterocycles. The summed E-state index contributed by atoms with van der Waals surface area (Å²) in [4.78, 5) is 26.9. The lowest BCUT2D eigenvalue weighted by Crippen LogP contribution is -2.23. The second-order valence-electron chi connectivity index (χ2n) is 3.10. The van der Waals surface area contributed by atoms with Gasteiger partial charge in [0.05, 0.1) is 18.4 Å². The monoisotopic (exact) mass is 267 g/mol. The van der Waals surface area contributed by atoms with Gasteiger partial charge in [-0.3, -0.25) is 4.79 Å². The molecule has 0 fully saturated rings. The summed E-state index contributed by atoms with van der Waals surface area (Å²) in [6.45, 7) is 1.84. The van der Waals surface area contributed by atoms with E-state index in [-0.39, 0.29) is 24.4 Å². The number of esters is 1. The van der Waals surface area contributed by atoms with Crippen molar-refractivity contribution in [2.45, 2.75) is 13.3 Å². The minimum absolute atomic E-state index is 0.0689. The average Bonchev–Trinajstić information content (AvgIpc) is 2.38. The number of carbonyl (C=O) groups excluding carboxylic acids is 2. The minimum atomic E-state index is -0.677. The van der Waals surface area contributed by atoms with Crippen molar-refractivity contribution in [2.24, 2.45) is 0 Å². The zero-order valence-electron chi connectivity index (χ0n) is 9.59. The van der Waals surface area contributed by atoms with Gasteiger partial charge in [-0.1, -0.05) is 0 Å². The first kappa shape index (κ1) is 13.9. The third kappa shape index (κ3) is 3.18. The molecule has 6 nitrogen and oxygen atoms in total. The van der Waals surface area contributed by atoms with Crippen LogP contribution in [0.3, 0.4) is 0 Å². The molecule has 1 amide bonds. The quantitative estimate of drug-likeness (QED) is 0.612. The molecule has 0 aliphatic carbocycles. The molecule has 7 heteroatoms. The van der Waals surface area contributed by atoms with Gasteiger partial charge in [0.2, 0.25) is 0 Å². The Morgan fingerprint density at radius 1 is 1.61 bits per heavy atom. The highest BCUT2D eigenvalue weighted by Gasteiger charge is 2.22. The number of pyridine rings is 1. The molecule has 18 heavy (non-hydrogen) atoms. The molecule has 0 aromatic carbocycles. The molecule has 1 heterocycles. The summed E-state index contributed by atoms with van der Waals surface area (Å²) >= 11 is 5.77. The molecule has 0 aliphatic rings. The zero-order chi connectivity index (χ0) is 13.5. The van der Waals surface area contributed by atoms with Gasteiger partial charge >= 0.3 is 5.97 Å². The van der Waals surface area contributed by atoms with Crippen LogP contribution < -0.4 is 4.42 Å². The molecule has 0 unspecified atom stereocenters. The summed E-state index contributed by atoms with van der Waals surface area (Å²) in [5.41, 5.74) is 0.0264. The Hall–Kier alpha value is -2.13. The lowest BCUT2D eigenvalue weighted by molar-refractivity contribution is -0.116. The van der Waals surface area contributed by atoms with Gasteiger partial charge in [-0.05, 0) is 19.1 Å². The lowest BCUT2D eigenvalue weighted by Gasteiger charge is -2.14. The van der Waals surface area contributed by atoms with Crippen LogP contribution in [0.5, 0.6) is 0 Å². The number of hydrogen-bond acceptors (Lipinski definition) is 5. The summed E-state index contributed by atoms with van der Waals surface area (Å²) in [6.07, 6.45) is 0.996. The molecular weight excluding hydrogens is 258 g/mol. The van der Waals surface area contributed by atoms with E-state index in [9.17, 15) is 9.59 Å². The average molecular weight is 268 g/mol. The Balaban J connectivity index is 3.05. The van der Waals surface area contributed by atoms with Gasteiger partial charge in [0.1, 0.15) is 6.42 Å². The van der Waals surface area contributed by atoms with Crippen molar-refractivity contribution < 1.29 is 14.3 Å². The van der Waals surface area contributed by atoms with Crippen LogP contribution in [0.15, 0.2) is 18.3 Å². The first-order valence-electron chi connectivity index (χ1n) is 5.09. The second-order valence-corrected chi connectivity index (χ2v) is 3.44. The summed E-state index contributed by atoms with van der Waals surface area (Å²) in [5, 5.41) is 8.43. The molecule has 94 valence electrons. The number of aromatic nitrogens is 1. The van der Waals surface area contributed by atoms with E-state index in [1.165, 1.54) is 18.3 Å². The van der Waals surface area contributed by atoms with Gasteiger partial charge in [-0.15, -0.1) is 0 Å². The van der Waals surface area contributed by atoms with Gasteiger partial charge in [-0.25, -0.2) is 14.2 Å². The van der Waals surface area contributed by atoms with Crippen molar-refractivity contribution in [3.8, 4) is 6.07 Å². The number of ether oxygens (including phenoxy) is 1. The fourth-order valence-electron chi connectivity index (χ4n) is 1.18. The predicted molar refractivity (Wildman–Crippen MR) is 63.8 cm³/mol. The maximum atomic E-state index is 11.6. The molecule has 0 spiro atoms. The minimum Gasteiger partial charge on any atom is -0.461 e. The Morgan fingerprint density at radius 2 is 2.33 bits per heavy atom. The van der Waals surface area contributed by atoms with E-state index >= 15 is 0 Å². The SMILES string of the molecule is CCOC(=O)c1ncccc1N(Cl)C(=O)CC#N. The summed E-state index contributed by atoms with van der Waals surface area (Å²) in [6, 6.07) is 4.65. The highest BCUT2D eigenvalue weighted by molar-refractivity contribution is 6.37. The van der Waals surface area contributed by atoms with Crippen molar-refractivity contribution in [2.75, 3.05) is 11.0 Å². The van der Waals surface area contributed by atoms with Crippen LogP contribution in [0.4, 0.5) is 5.69 Å². The van der Waals surface area contributed by atoms with Crippen molar-refractivity contribution in [3.05, 3.63) is 24.0 Å². The van der Waals surface area contributed by atoms with Gasteiger partial charge in [0.15, 0.2) is 5.69 Å². The molecule has 0 bridgehead atoms. The predicted octanol–water partition coefficient (Wildman–Crippen LogP) is 1.66. The smallest absolute Gasteiger partial charge is 0.359 e. The van der Waals surface area contributed by atoms with Crippen molar-refractivity contribution >= 4 is 29.3 Å². The van der Waals surface area contributed by atoms with E-state index in [1.807, 2.05) is 0 Å². The molecule has 0 aliphatic heterocycles. The highest BCUT2D eigenvalue weighted by Crippen LogP contribution is 2.21. The van der Waals surface area contributed by atoms with Gasteiger partial charge < -0.3 is 4.74 Å². The Labute approximate surface area is 109 Å². The fraction of sp³-hybridized carbons (Fsp3) is 0.273. The molecule has 0 saturated carbocycles. The van der Waals surface area contributed by atoms with Crippen molar-refractivity contribution in [3.63, 3.8) is 0 Å². The van der Waals surface area contributed by atoms with E-state index in [4.69, 9.17) is 21.8 Å². The molecule has 0 N–H and O–H groups in total. The summed E-state index contributed by atoms with van der Waals surface area (Å²) in [7, 11) is 0. The van der Waals surface area contributed by atoms with Crippen LogP contribution in [-0.2, 0) is 9.53 Å². The first-order chi connectivity index (χ1) is 8.61. The van der Waals surface area contributed by atoms with Crippen molar-refractivity contribution in [1.29, 1.82) is 5.26 Å². The molecule has 0 radical (unpaired) electrons. The summed E-state index contributed by atoms with van der Waals surface area (Å²) < 4.78 is 5.49. The van der Waals surface area contributed by atoms with E-state index in [2.05, 4.69) is 4.98 Å². The highest BCUT2D eigenvalue weighted by atomic mass is 35.5. The van der Waals surface area contributed by atoms with Gasteiger partial charge in [0.25, 0.3) is 5.91 Å². The van der Waals surface area contributed by atoms with Crippen LogP contribution in [0.1, 0.15) is 23.8 Å². The Bertz CT molecular complexity index is 499. The second kappa shape index (κ2) is 6.57. The Morgan fingerprint density at radius 3 is 2.94 bits per heavy atom. The number of amides is 1. The number of nitriles is 1. The maximum absolute atomic E-state index is 11.6. The van der Waals surface area contributed by atoms with E-state index < -0.39 is 11.9 Å². The molecule has 1 rings (SSSR count). The van der Waals surface area contributed by atoms with Crippen LogP contribution in [0, 0.1) is 11.3 Å². The van der Waals surface area contributed by atoms with Gasteiger partial charge in [0, 0.05) is 18.0 Å². The van der Waals surface area contributed by atoms with Crippen LogP contribution in [0.25, 0.3) is 0 Å². The zero-order valence-corrected chi connectivity index (χ0v) is 10.3. The van der Waals surface area contributed by atoms with E-state index in [0.717, 1.165) is 0 Å². The summed E-state index contributed by atoms with van der Waals surface area (Å²) in [5.74, 6) is -1.32. The number of nitrogens with zero attached hydrogens (tertiary/aromatic N) is 3. The maximum Gasteiger partial charge on any atom is 0.359 e. The molecule has 0 saturated heterocycles. The molecule has 0 atom stereocenters. The lowest BCUT2D eigenvalue weighted by atomic mass is 10.3. The Kier molecular flexibility index (Phi) is 5.08. The largest absolute Gasteiger partial charge is 0.461 e. The van der Waals surface area contributed by atoms with E-state index in [0.29, 0.717) is 4.42 Å². The van der Waals surface area contributed by atoms with Crippen LogP contribution >= 0.6 is 11.8 Å². The fourth-order valence-corrected chi connectivity index (χ4v) is 1.38. The van der Waals surface area contributed by atoms with Crippen LogP contribution in [0.2, 0.25) is 0 Å². The third-order valence-electron chi connectivity index (χ3n) is 1.92. The number of carbonyl (C=O) groups is 2. The van der Waals surface area contributed by atoms with E-state index in [1.54, 1.807) is 13.0 Å². The van der Waals surface area contributed by atoms with Gasteiger partial charge in [-0.2, -0.15) is 5.26 Å². The van der Waals surface area contributed by atoms with Crippen molar-refractivity contribution in [1.82, 2.24) is 4.98 Å². The van der Waals surface area contributed by atoms with Crippen LogP contribution in [-0.4, -0.2) is 23.5 Å². The molecule has 1 aromatic rings. The first-order valence-corrected chi connectivity index (χ1v) is 5.43. The number of anilines is 1.